The van der Waals surface area contributed by atoms with E-state index in [1.165, 1.54) is 25.7 Å². The molecule has 0 atom stereocenters. The van der Waals surface area contributed by atoms with Gasteiger partial charge in [0.05, 0.1) is 29.1 Å². The van der Waals surface area contributed by atoms with E-state index in [-0.39, 0.29) is 5.91 Å². The first-order chi connectivity index (χ1) is 13.3. The number of hydrogen-bond acceptors (Lipinski definition) is 4. The fourth-order valence-electron chi connectivity index (χ4n) is 4.46. The summed E-state index contributed by atoms with van der Waals surface area (Å²) in [4.78, 5) is 22.1. The number of likely N-dealkylation sites (tertiary alicyclic amines) is 1. The fourth-order valence-corrected chi connectivity index (χ4v) is 4.46. The number of aromatic amines is 1. The Hall–Kier alpha value is -2.70. The molecule has 7 heteroatoms. The third-order valence-corrected chi connectivity index (χ3v) is 6.09. The summed E-state index contributed by atoms with van der Waals surface area (Å²) in [6.07, 6.45) is 10.7. The maximum atomic E-state index is 12.8. The summed E-state index contributed by atoms with van der Waals surface area (Å²) in [5, 5.41) is 8.81. The van der Waals surface area contributed by atoms with Crippen LogP contribution in [0, 0.1) is 0 Å². The van der Waals surface area contributed by atoms with E-state index in [4.69, 9.17) is 0 Å². The van der Waals surface area contributed by atoms with Gasteiger partial charge in [-0.05, 0) is 43.9 Å². The molecule has 0 unspecified atom stereocenters. The zero-order valence-electron chi connectivity index (χ0n) is 15.3. The molecule has 3 aromatic rings. The lowest BCUT2D eigenvalue weighted by Crippen LogP contribution is -2.39. The van der Waals surface area contributed by atoms with Gasteiger partial charge in [-0.2, -0.15) is 0 Å². The molecule has 2 aromatic heterocycles. The van der Waals surface area contributed by atoms with E-state index < -0.39 is 0 Å². The Morgan fingerprint density at radius 1 is 1.11 bits per heavy atom. The summed E-state index contributed by atoms with van der Waals surface area (Å²) in [6, 6.07) is 5.99. The van der Waals surface area contributed by atoms with Crippen molar-refractivity contribution in [3.05, 3.63) is 42.0 Å². The second kappa shape index (κ2) is 6.79. The number of amides is 1. The van der Waals surface area contributed by atoms with E-state index in [9.17, 15) is 4.79 Å². The summed E-state index contributed by atoms with van der Waals surface area (Å²) < 4.78 is 2.03. The minimum Gasteiger partial charge on any atom is -0.345 e. The molecule has 1 aromatic carbocycles. The van der Waals surface area contributed by atoms with E-state index in [0.717, 1.165) is 48.2 Å². The van der Waals surface area contributed by atoms with E-state index in [0.29, 0.717) is 12.0 Å². The highest BCUT2D eigenvalue weighted by Crippen LogP contribution is 2.33. The molecule has 0 radical (unpaired) electrons. The molecule has 2 aliphatic rings. The van der Waals surface area contributed by atoms with Gasteiger partial charge in [-0.25, -0.2) is 9.67 Å². The van der Waals surface area contributed by atoms with Crippen molar-refractivity contribution in [2.75, 3.05) is 13.1 Å². The highest BCUT2D eigenvalue weighted by molar-refractivity contribution is 5.97. The molecule has 1 saturated heterocycles. The van der Waals surface area contributed by atoms with Crippen LogP contribution in [-0.4, -0.2) is 48.9 Å². The van der Waals surface area contributed by atoms with Crippen molar-refractivity contribution >= 4 is 16.9 Å². The molecule has 140 valence electrons. The quantitative estimate of drug-likeness (QED) is 0.773. The lowest BCUT2D eigenvalue weighted by molar-refractivity contribution is 0.0689. The number of aromatic nitrogens is 5. The summed E-state index contributed by atoms with van der Waals surface area (Å²) in [5.41, 5.74) is 3.65. The topological polar surface area (TPSA) is 79.7 Å². The number of H-pyrrole nitrogens is 1. The zero-order chi connectivity index (χ0) is 18.2. The minimum atomic E-state index is 0.0928. The molecule has 3 heterocycles. The predicted molar refractivity (Wildman–Crippen MR) is 101 cm³/mol. The highest BCUT2D eigenvalue weighted by Gasteiger charge is 2.27. The normalized spacial score (nSPS) is 19.2. The van der Waals surface area contributed by atoms with Crippen molar-refractivity contribution in [3.63, 3.8) is 0 Å². The van der Waals surface area contributed by atoms with Crippen molar-refractivity contribution < 1.29 is 4.79 Å². The van der Waals surface area contributed by atoms with Crippen LogP contribution in [0.25, 0.3) is 11.0 Å². The van der Waals surface area contributed by atoms with Crippen LogP contribution in [0.3, 0.4) is 0 Å². The summed E-state index contributed by atoms with van der Waals surface area (Å²) in [7, 11) is 0. The number of hydrogen-bond donors (Lipinski definition) is 1. The van der Waals surface area contributed by atoms with Crippen LogP contribution in [0.2, 0.25) is 0 Å². The fraction of sp³-hybridized carbons (Fsp3) is 0.500. The third-order valence-electron chi connectivity index (χ3n) is 6.09. The van der Waals surface area contributed by atoms with Gasteiger partial charge in [-0.15, -0.1) is 5.10 Å². The van der Waals surface area contributed by atoms with Crippen LogP contribution in [0.5, 0.6) is 0 Å². The van der Waals surface area contributed by atoms with Gasteiger partial charge >= 0.3 is 0 Å². The smallest absolute Gasteiger partial charge is 0.253 e. The number of benzene rings is 1. The van der Waals surface area contributed by atoms with Gasteiger partial charge in [-0.3, -0.25) is 4.79 Å². The van der Waals surface area contributed by atoms with Crippen LogP contribution in [0.4, 0.5) is 0 Å². The average molecular weight is 364 g/mol. The van der Waals surface area contributed by atoms with Crippen LogP contribution < -0.4 is 0 Å². The number of piperidine rings is 1. The Labute approximate surface area is 157 Å². The SMILES string of the molecule is O=C(c1ccc2nc[nH]c2c1)N1CCC(n2cc(C3CCCC3)nn2)CC1. The maximum absolute atomic E-state index is 12.8. The van der Waals surface area contributed by atoms with E-state index >= 15 is 0 Å². The van der Waals surface area contributed by atoms with E-state index in [1.54, 1.807) is 6.33 Å². The van der Waals surface area contributed by atoms with Crippen LogP contribution in [0.15, 0.2) is 30.7 Å². The lowest BCUT2D eigenvalue weighted by atomic mass is 10.0. The van der Waals surface area contributed by atoms with Crippen molar-refractivity contribution in [1.29, 1.82) is 0 Å². The van der Waals surface area contributed by atoms with Gasteiger partial charge in [0.25, 0.3) is 5.91 Å². The molecule has 2 fully saturated rings. The number of fused-ring (bicyclic) bond motifs is 1. The second-order valence-electron chi connectivity index (χ2n) is 7.76. The Morgan fingerprint density at radius 3 is 2.74 bits per heavy atom. The van der Waals surface area contributed by atoms with Crippen molar-refractivity contribution in [2.24, 2.45) is 0 Å². The first-order valence-corrected chi connectivity index (χ1v) is 9.92. The zero-order valence-corrected chi connectivity index (χ0v) is 15.3. The van der Waals surface area contributed by atoms with Gasteiger partial charge in [0, 0.05) is 30.8 Å². The number of imidazole rings is 1. The Morgan fingerprint density at radius 2 is 1.93 bits per heavy atom. The first-order valence-electron chi connectivity index (χ1n) is 9.92. The van der Waals surface area contributed by atoms with Crippen molar-refractivity contribution in [1.82, 2.24) is 29.9 Å². The standard InChI is InChI=1S/C20H24N6O/c27-20(15-5-6-17-18(11-15)22-13-21-17)25-9-7-16(8-10-25)26-12-19(23-24-26)14-3-1-2-4-14/h5-6,11-14,16H,1-4,7-10H2,(H,21,22). The van der Waals surface area contributed by atoms with Crippen LogP contribution >= 0.6 is 0 Å². The average Bonchev–Trinajstić information content (AvgIpc) is 3.48. The number of carbonyl (C=O) groups is 1. The van der Waals surface area contributed by atoms with Gasteiger partial charge in [0.2, 0.25) is 0 Å². The first kappa shape index (κ1) is 16.5. The Kier molecular flexibility index (Phi) is 4.14. The lowest BCUT2D eigenvalue weighted by Gasteiger charge is -2.32. The van der Waals surface area contributed by atoms with E-state index in [1.807, 2.05) is 27.8 Å². The molecular formula is C20H24N6O. The molecular weight excluding hydrogens is 340 g/mol. The molecule has 0 bridgehead atoms. The summed E-state index contributed by atoms with van der Waals surface area (Å²) in [5.74, 6) is 0.688. The molecule has 1 N–H and O–H groups in total. The predicted octanol–water partition coefficient (Wildman–Crippen LogP) is 3.29. The number of rotatable bonds is 3. The molecule has 1 amide bonds. The molecule has 27 heavy (non-hydrogen) atoms. The maximum Gasteiger partial charge on any atom is 0.253 e. The second-order valence-corrected chi connectivity index (χ2v) is 7.76. The number of nitrogens with zero attached hydrogens (tertiary/aromatic N) is 5. The largest absolute Gasteiger partial charge is 0.345 e. The van der Waals surface area contributed by atoms with Crippen molar-refractivity contribution in [3.8, 4) is 0 Å². The molecule has 0 spiro atoms. The molecule has 1 aliphatic carbocycles. The van der Waals surface area contributed by atoms with Gasteiger partial charge < -0.3 is 9.88 Å². The van der Waals surface area contributed by atoms with Gasteiger partial charge in [-0.1, -0.05) is 18.1 Å². The molecule has 1 aliphatic heterocycles. The monoisotopic (exact) mass is 364 g/mol. The number of carbonyl (C=O) groups excluding carboxylic acids is 1. The van der Waals surface area contributed by atoms with Crippen molar-refractivity contribution in [2.45, 2.75) is 50.5 Å². The highest BCUT2D eigenvalue weighted by atomic mass is 16.2. The summed E-state index contributed by atoms with van der Waals surface area (Å²) in [6.45, 7) is 1.51. The molecule has 7 nitrogen and oxygen atoms in total. The minimum absolute atomic E-state index is 0.0928. The number of nitrogens with one attached hydrogen (secondary N) is 1. The van der Waals surface area contributed by atoms with Gasteiger partial charge in [0.15, 0.2) is 0 Å². The van der Waals surface area contributed by atoms with Crippen LogP contribution in [0.1, 0.15) is 66.5 Å². The molecule has 1 saturated carbocycles. The Bertz CT molecular complexity index is 946. The third kappa shape index (κ3) is 3.11. The molecule has 5 rings (SSSR count). The van der Waals surface area contributed by atoms with E-state index in [2.05, 4.69) is 26.5 Å². The summed E-state index contributed by atoms with van der Waals surface area (Å²) >= 11 is 0. The Balaban J connectivity index is 1.23. The van der Waals surface area contributed by atoms with Gasteiger partial charge in [0.1, 0.15) is 0 Å². The van der Waals surface area contributed by atoms with Crippen LogP contribution in [-0.2, 0) is 0 Å².